The minimum absolute atomic E-state index is 0.0339. The molecular formula is C24H32O7S. The van der Waals surface area contributed by atoms with Crippen LogP contribution in [0.4, 0.5) is 0 Å². The first-order valence-corrected chi connectivity index (χ1v) is 12.3. The normalized spacial score (nSPS) is 46.0. The van der Waals surface area contributed by atoms with Crippen molar-refractivity contribution in [3.63, 3.8) is 0 Å². The van der Waals surface area contributed by atoms with E-state index >= 15 is 0 Å². The van der Waals surface area contributed by atoms with Gasteiger partial charge in [-0.1, -0.05) is 32.4 Å². The molecule has 0 bridgehead atoms. The first kappa shape index (κ1) is 23.7. The molecule has 0 aromatic carbocycles. The molecule has 0 aliphatic heterocycles. The fourth-order valence-electron chi connectivity index (χ4n) is 7.59. The van der Waals surface area contributed by atoms with E-state index in [1.807, 2.05) is 13.0 Å². The first-order chi connectivity index (χ1) is 14.8. The second-order valence-corrected chi connectivity index (χ2v) is 11.6. The maximum Gasteiger partial charge on any atom is 0.313 e. The Morgan fingerprint density at radius 3 is 2.66 bits per heavy atom. The van der Waals surface area contributed by atoms with Gasteiger partial charge in [0.05, 0.1) is 11.9 Å². The predicted octanol–water partition coefficient (Wildman–Crippen LogP) is 1.95. The van der Waals surface area contributed by atoms with Crippen LogP contribution < -0.4 is 0 Å². The molecule has 176 valence electrons. The Morgan fingerprint density at radius 1 is 1.31 bits per heavy atom. The van der Waals surface area contributed by atoms with E-state index in [4.69, 9.17) is 5.11 Å². The van der Waals surface area contributed by atoms with Gasteiger partial charge in [0.25, 0.3) is 0 Å². The highest BCUT2D eigenvalue weighted by molar-refractivity contribution is 8.01. The van der Waals surface area contributed by atoms with E-state index in [-0.39, 0.29) is 42.3 Å². The summed E-state index contributed by atoms with van der Waals surface area (Å²) in [7, 11) is 0. The zero-order valence-electron chi connectivity index (χ0n) is 18.7. The monoisotopic (exact) mass is 464 g/mol. The number of hydrogen-bond donors (Lipinski definition) is 4. The second-order valence-electron chi connectivity index (χ2n) is 10.6. The quantitative estimate of drug-likeness (QED) is 0.454. The molecule has 0 amide bonds. The third-order valence-electron chi connectivity index (χ3n) is 8.97. The molecular weight excluding hydrogens is 432 g/mol. The minimum Gasteiger partial charge on any atom is -0.481 e. The molecule has 0 saturated heterocycles. The second kappa shape index (κ2) is 7.79. The Morgan fingerprint density at radius 2 is 2.00 bits per heavy atom. The minimum atomic E-state index is -1.83. The van der Waals surface area contributed by atoms with Crippen LogP contribution >= 0.6 is 11.8 Å². The smallest absolute Gasteiger partial charge is 0.313 e. The average molecular weight is 465 g/mol. The van der Waals surface area contributed by atoms with Crippen molar-refractivity contribution < 1.29 is 34.8 Å². The van der Waals surface area contributed by atoms with E-state index in [0.29, 0.717) is 18.2 Å². The van der Waals surface area contributed by atoms with Crippen LogP contribution in [0.25, 0.3) is 0 Å². The zero-order valence-corrected chi connectivity index (χ0v) is 19.5. The number of ketones is 2. The van der Waals surface area contributed by atoms with E-state index in [1.54, 1.807) is 12.2 Å². The maximum absolute atomic E-state index is 13.1. The van der Waals surface area contributed by atoms with E-state index in [9.17, 15) is 29.7 Å². The van der Waals surface area contributed by atoms with Gasteiger partial charge in [0.1, 0.15) is 5.60 Å². The van der Waals surface area contributed by atoms with Gasteiger partial charge in [0, 0.05) is 16.7 Å². The number of allylic oxidation sites excluding steroid dienone is 4. The van der Waals surface area contributed by atoms with Crippen LogP contribution in [-0.4, -0.2) is 60.9 Å². The van der Waals surface area contributed by atoms with Crippen LogP contribution in [0.1, 0.15) is 46.5 Å². The van der Waals surface area contributed by atoms with Crippen molar-refractivity contribution in [2.24, 2.45) is 34.5 Å². The van der Waals surface area contributed by atoms with Crippen LogP contribution in [0.15, 0.2) is 23.8 Å². The number of carboxylic acid groups (broad SMARTS) is 1. The van der Waals surface area contributed by atoms with Gasteiger partial charge >= 0.3 is 5.97 Å². The van der Waals surface area contributed by atoms with Gasteiger partial charge in [0.15, 0.2) is 11.2 Å². The molecule has 0 aromatic heterocycles. The number of aliphatic carboxylic acids is 1. The Balaban J connectivity index is 1.67. The number of hydrogen-bond acceptors (Lipinski definition) is 7. The molecule has 5 unspecified atom stereocenters. The Labute approximate surface area is 192 Å². The molecule has 32 heavy (non-hydrogen) atoms. The molecule has 4 aliphatic rings. The number of Topliss-reactive ketones (excluding diaryl/α,β-unsaturated/α-hetero) is 1. The number of aliphatic hydroxyl groups is 3. The van der Waals surface area contributed by atoms with Gasteiger partial charge in [-0.3, -0.25) is 14.4 Å². The summed E-state index contributed by atoms with van der Waals surface area (Å²) in [5, 5.41) is 42.2. The van der Waals surface area contributed by atoms with Gasteiger partial charge in [-0.15, -0.1) is 11.8 Å². The van der Waals surface area contributed by atoms with Crippen molar-refractivity contribution in [1.82, 2.24) is 0 Å². The molecule has 4 aliphatic carbocycles. The molecule has 3 saturated carbocycles. The summed E-state index contributed by atoms with van der Waals surface area (Å²) in [6, 6.07) is 0. The lowest BCUT2D eigenvalue weighted by Gasteiger charge is -2.60. The number of fused-ring (bicyclic) bond motifs is 5. The topological polar surface area (TPSA) is 132 Å². The highest BCUT2D eigenvalue weighted by atomic mass is 32.2. The number of thioether (sulfide) groups is 1. The third-order valence-corrected chi connectivity index (χ3v) is 9.91. The number of aliphatic hydroxyl groups excluding tert-OH is 2. The zero-order chi connectivity index (χ0) is 23.6. The van der Waals surface area contributed by atoms with E-state index < -0.39 is 45.5 Å². The molecule has 0 radical (unpaired) electrons. The van der Waals surface area contributed by atoms with Crippen LogP contribution in [0, 0.1) is 34.5 Å². The SMILES string of the molecule is C[C@H]1CC2C(C(O)C[C@@]3(C)C2CC[C@]3(O)C(=O)C(O)SCC(=O)O)[C@@]2(C)C=CC(=O)C=C12. The number of rotatable bonds is 5. The van der Waals surface area contributed by atoms with Gasteiger partial charge < -0.3 is 20.4 Å². The number of carbonyl (C=O) groups is 3. The average Bonchev–Trinajstić information content (AvgIpc) is 2.98. The molecule has 4 N–H and O–H groups in total. The van der Waals surface area contributed by atoms with E-state index in [0.717, 1.165) is 12.0 Å². The Kier molecular flexibility index (Phi) is 5.76. The number of carbonyl (C=O) groups excluding carboxylic acids is 2. The fraction of sp³-hybridized carbons (Fsp3) is 0.708. The van der Waals surface area contributed by atoms with E-state index in [1.165, 1.54) is 0 Å². The fourth-order valence-corrected chi connectivity index (χ4v) is 8.24. The summed E-state index contributed by atoms with van der Waals surface area (Å²) in [5.74, 6) is -2.37. The largest absolute Gasteiger partial charge is 0.481 e. The standard InChI is InChI=1S/C24H32O7S/c1-12-8-14-15-5-7-24(31,20(29)21(30)32-11-18(27)28)23(15,3)10-17(26)19(14)22(2)6-4-13(25)9-16(12)22/h4,6,9,12,14-15,17,19,21,26,30-31H,5,7-8,10-11H2,1-3H3,(H,27,28)/t12-,14?,15?,17?,19?,21?,22-,23-,24-/m0/s1. The molecule has 3 fully saturated rings. The van der Waals surface area contributed by atoms with Crippen LogP contribution in [0.2, 0.25) is 0 Å². The van der Waals surface area contributed by atoms with Crippen molar-refractivity contribution in [1.29, 1.82) is 0 Å². The van der Waals surface area contributed by atoms with Crippen LogP contribution in [-0.2, 0) is 14.4 Å². The maximum atomic E-state index is 13.1. The van der Waals surface area contributed by atoms with Crippen molar-refractivity contribution in [3.05, 3.63) is 23.8 Å². The molecule has 9 atom stereocenters. The van der Waals surface area contributed by atoms with Crippen molar-refractivity contribution in [3.8, 4) is 0 Å². The van der Waals surface area contributed by atoms with Crippen LogP contribution in [0.5, 0.6) is 0 Å². The van der Waals surface area contributed by atoms with Crippen molar-refractivity contribution >= 4 is 29.3 Å². The summed E-state index contributed by atoms with van der Waals surface area (Å²) >= 11 is 0.590. The Hall–Kier alpha value is -1.48. The first-order valence-electron chi connectivity index (χ1n) is 11.3. The van der Waals surface area contributed by atoms with Gasteiger partial charge in [-0.25, -0.2) is 0 Å². The lowest BCUT2D eigenvalue weighted by atomic mass is 9.45. The molecule has 0 heterocycles. The molecule has 4 rings (SSSR count). The molecule has 0 spiro atoms. The Bertz CT molecular complexity index is 912. The van der Waals surface area contributed by atoms with Gasteiger partial charge in [0.2, 0.25) is 5.78 Å². The summed E-state index contributed by atoms with van der Waals surface area (Å²) < 4.78 is 0. The lowest BCUT2D eigenvalue weighted by Crippen LogP contribution is -2.63. The highest BCUT2D eigenvalue weighted by Crippen LogP contribution is 2.68. The van der Waals surface area contributed by atoms with Crippen molar-refractivity contribution in [2.45, 2.75) is 63.6 Å². The summed E-state index contributed by atoms with van der Waals surface area (Å²) in [6.45, 7) is 5.98. The summed E-state index contributed by atoms with van der Waals surface area (Å²) in [5.41, 5.74) is -3.81. The van der Waals surface area contributed by atoms with E-state index in [2.05, 4.69) is 13.8 Å². The predicted molar refractivity (Wildman–Crippen MR) is 119 cm³/mol. The van der Waals surface area contributed by atoms with Crippen molar-refractivity contribution in [2.75, 3.05) is 5.75 Å². The molecule has 0 aromatic rings. The molecule has 7 nitrogen and oxygen atoms in total. The van der Waals surface area contributed by atoms with Gasteiger partial charge in [-0.05, 0) is 55.6 Å². The number of carboxylic acids is 1. The van der Waals surface area contributed by atoms with Crippen LogP contribution in [0.3, 0.4) is 0 Å². The highest BCUT2D eigenvalue weighted by Gasteiger charge is 2.69. The molecule has 8 heteroatoms. The van der Waals surface area contributed by atoms with Gasteiger partial charge in [-0.2, -0.15) is 0 Å². The third kappa shape index (κ3) is 3.25. The lowest BCUT2D eigenvalue weighted by molar-refractivity contribution is -0.181. The summed E-state index contributed by atoms with van der Waals surface area (Å²) in [4.78, 5) is 36.0. The summed E-state index contributed by atoms with van der Waals surface area (Å²) in [6.07, 6.45) is 6.13.